The van der Waals surface area contributed by atoms with Gasteiger partial charge < -0.3 is 0 Å². The molecule has 0 nitrogen and oxygen atoms in total. The lowest BCUT2D eigenvalue weighted by atomic mass is 9.63. The van der Waals surface area contributed by atoms with Crippen LogP contribution < -0.4 is 0 Å². The van der Waals surface area contributed by atoms with Crippen LogP contribution in [0.4, 0.5) is 0 Å². The van der Waals surface area contributed by atoms with Gasteiger partial charge in [0, 0.05) is 0 Å². The number of benzene rings is 12. The minimum absolute atomic E-state index is 0.105. The van der Waals surface area contributed by atoms with Crippen molar-refractivity contribution < 1.29 is 0 Å². The molecule has 0 heteroatoms. The second-order valence-electron chi connectivity index (χ2n) is 33.3. The van der Waals surface area contributed by atoms with Gasteiger partial charge in [0.15, 0.2) is 0 Å². The van der Waals surface area contributed by atoms with Crippen LogP contribution in [0.5, 0.6) is 0 Å². The number of rotatable bonds is 16. The van der Waals surface area contributed by atoms with E-state index >= 15 is 0 Å². The molecule has 0 aliphatic carbocycles. The van der Waals surface area contributed by atoms with Gasteiger partial charge in [-0.3, -0.25) is 0 Å². The molecule has 12 rings (SSSR count). The van der Waals surface area contributed by atoms with Crippen LogP contribution in [0.25, 0.3) is 0 Å². The van der Waals surface area contributed by atoms with Crippen molar-refractivity contribution in [1.29, 1.82) is 0 Å². The molecule has 0 aromatic heterocycles. The van der Waals surface area contributed by atoms with Gasteiger partial charge in [-0.2, -0.15) is 0 Å². The molecular formula is C104H118. The van der Waals surface area contributed by atoms with Gasteiger partial charge in [-0.05, 0) is 210 Å². The number of hydrogen-bond donors (Lipinski definition) is 0. The third-order valence-electron chi connectivity index (χ3n) is 21.8. The van der Waals surface area contributed by atoms with Gasteiger partial charge in [0.1, 0.15) is 0 Å². The quantitative estimate of drug-likeness (QED) is 0.0846. The standard InChI is InChI=1S/C38H46.2C33H36/c1-27-11-13-31(14-12-27)38(32-21-15-28(16-22-32)35(2,3)4,33-23-17-29(18-24-33)36(5,6)7)34-25-19-30(20-26-34)37(8,9)10;1-21-9-22(2)14-29(13-21)33(30-15-23(3)10-24(4)16-30,31-17-25(5)11-26(6)18-31)32-19-27(7)12-28(8)20-32;1-5-25-9-17-29(18-10-25)33(30-19-11-26(6-2)12-20-30,31-21-13-27(7-3)14-22-31)32-23-15-28(8-4)16-24-32/h11-26H,1-10H3;9-20H,1-8H3;9-24H,5-8H2,1-4H3. The van der Waals surface area contributed by atoms with Crippen LogP contribution in [-0.2, 0) is 58.2 Å². The summed E-state index contributed by atoms with van der Waals surface area (Å²) in [6.45, 7) is 49.3. The fourth-order valence-electron chi connectivity index (χ4n) is 16.2. The lowest BCUT2D eigenvalue weighted by molar-refractivity contribution is 0.587. The molecule has 534 valence electrons. The van der Waals surface area contributed by atoms with Crippen molar-refractivity contribution in [3.63, 3.8) is 0 Å². The zero-order valence-electron chi connectivity index (χ0n) is 67.2. The molecule has 0 N–H and O–H groups in total. The summed E-state index contributed by atoms with van der Waals surface area (Å²) in [5.41, 5.74) is 36.1. The van der Waals surface area contributed by atoms with E-state index in [1.165, 1.54) is 156 Å². The zero-order chi connectivity index (χ0) is 75.1. The van der Waals surface area contributed by atoms with Gasteiger partial charge in [0.25, 0.3) is 0 Å². The average Bonchev–Trinajstić information content (AvgIpc) is 0.740. The monoisotopic (exact) mass is 1370 g/mol. The van der Waals surface area contributed by atoms with Crippen LogP contribution in [0.15, 0.2) is 267 Å². The SMILES string of the molecule is CCc1ccc(C(c2ccc(CC)cc2)(c2ccc(CC)cc2)c2ccc(CC)cc2)cc1.Cc1cc(C)cc(C(c2cc(C)cc(C)c2)(c2cc(C)cc(C)c2)c2cc(C)cc(C)c2)c1.Cc1ccc(C(c2ccc(C(C)(C)C)cc2)(c2ccc(C(C)(C)C)cc2)c2ccc(C(C)(C)C)cc2)cc1. The van der Waals surface area contributed by atoms with E-state index in [1.807, 2.05) is 0 Å². The van der Waals surface area contributed by atoms with E-state index in [0.29, 0.717) is 0 Å². The van der Waals surface area contributed by atoms with E-state index in [0.717, 1.165) is 25.7 Å². The van der Waals surface area contributed by atoms with Crippen LogP contribution in [0.1, 0.15) is 246 Å². The van der Waals surface area contributed by atoms with Crippen LogP contribution in [0, 0.1) is 62.3 Å². The molecular weight excluding hydrogens is 1250 g/mol. The molecule has 0 aliphatic rings. The lowest BCUT2D eigenvalue weighted by Gasteiger charge is -2.38. The van der Waals surface area contributed by atoms with E-state index in [2.05, 4.69) is 419 Å². The van der Waals surface area contributed by atoms with Gasteiger partial charge >= 0.3 is 0 Å². The molecule has 0 spiro atoms. The maximum absolute atomic E-state index is 2.39. The van der Waals surface area contributed by atoms with Crippen molar-refractivity contribution in [2.45, 2.75) is 210 Å². The van der Waals surface area contributed by atoms with Gasteiger partial charge in [0.2, 0.25) is 0 Å². The Kier molecular flexibility index (Phi) is 23.7. The summed E-state index contributed by atoms with van der Waals surface area (Å²) >= 11 is 0. The van der Waals surface area contributed by atoms with E-state index in [9.17, 15) is 0 Å². The third kappa shape index (κ3) is 16.6. The largest absolute Gasteiger partial charge is 0.0702 e. The van der Waals surface area contributed by atoms with E-state index < -0.39 is 10.8 Å². The smallest absolute Gasteiger partial charge is 0.0613 e. The molecule has 0 saturated carbocycles. The first kappa shape index (κ1) is 77.3. The Morgan fingerprint density at radius 1 is 0.154 bits per heavy atom. The molecule has 12 aromatic carbocycles. The maximum atomic E-state index is 2.39. The van der Waals surface area contributed by atoms with Crippen molar-refractivity contribution in [3.8, 4) is 0 Å². The molecule has 0 atom stereocenters. The minimum atomic E-state index is -0.434. The summed E-state index contributed by atoms with van der Waals surface area (Å²) in [7, 11) is 0. The molecule has 0 bridgehead atoms. The van der Waals surface area contributed by atoms with Crippen LogP contribution in [-0.4, -0.2) is 0 Å². The fraction of sp³-hybridized carbons (Fsp3) is 0.308. The summed E-state index contributed by atoms with van der Waals surface area (Å²) in [4.78, 5) is 0. The highest BCUT2D eigenvalue weighted by molar-refractivity contribution is 5.66. The second-order valence-corrected chi connectivity index (χ2v) is 33.3. The molecule has 0 amide bonds. The highest BCUT2D eigenvalue weighted by Gasteiger charge is 2.42. The first-order chi connectivity index (χ1) is 49.3. The summed E-state index contributed by atoms with van der Waals surface area (Å²) < 4.78 is 0. The van der Waals surface area contributed by atoms with Crippen LogP contribution in [0.3, 0.4) is 0 Å². The number of aryl methyl sites for hydroxylation is 13. The Bertz CT molecular complexity index is 4190. The molecule has 0 heterocycles. The predicted octanol–water partition coefficient (Wildman–Crippen LogP) is 27.1. The maximum Gasteiger partial charge on any atom is 0.0702 e. The highest BCUT2D eigenvalue weighted by atomic mass is 14.4. The van der Waals surface area contributed by atoms with Gasteiger partial charge in [0.05, 0.1) is 16.2 Å². The van der Waals surface area contributed by atoms with Crippen LogP contribution in [0.2, 0.25) is 0 Å². The number of hydrogen-bond acceptors (Lipinski definition) is 0. The zero-order valence-corrected chi connectivity index (χ0v) is 67.2. The molecule has 0 unspecified atom stereocenters. The van der Waals surface area contributed by atoms with E-state index in [-0.39, 0.29) is 21.7 Å². The van der Waals surface area contributed by atoms with Crippen molar-refractivity contribution in [2.75, 3.05) is 0 Å². The minimum Gasteiger partial charge on any atom is -0.0613 e. The fourth-order valence-corrected chi connectivity index (χ4v) is 16.2. The topological polar surface area (TPSA) is 0 Å². The van der Waals surface area contributed by atoms with Crippen molar-refractivity contribution in [1.82, 2.24) is 0 Å². The first-order valence-electron chi connectivity index (χ1n) is 38.5. The van der Waals surface area contributed by atoms with Gasteiger partial charge in [-0.25, -0.2) is 0 Å². The second kappa shape index (κ2) is 31.9. The Morgan fingerprint density at radius 2 is 0.288 bits per heavy atom. The Hall–Kier alpha value is -9.36. The first-order valence-corrected chi connectivity index (χ1v) is 38.5. The molecule has 0 aliphatic heterocycles. The molecule has 104 heavy (non-hydrogen) atoms. The van der Waals surface area contributed by atoms with Gasteiger partial charge in [-0.15, -0.1) is 0 Å². The normalized spacial score (nSPS) is 12.1. The molecule has 0 saturated heterocycles. The summed E-state index contributed by atoms with van der Waals surface area (Å²) in [6, 6.07) is 103. The van der Waals surface area contributed by atoms with E-state index in [4.69, 9.17) is 0 Å². The third-order valence-corrected chi connectivity index (χ3v) is 21.8. The predicted molar refractivity (Wildman–Crippen MR) is 451 cm³/mol. The summed E-state index contributed by atoms with van der Waals surface area (Å²) in [6.07, 6.45) is 4.20. The molecule has 0 radical (unpaired) electrons. The average molecular weight is 1370 g/mol. The van der Waals surface area contributed by atoms with E-state index in [1.54, 1.807) is 0 Å². The van der Waals surface area contributed by atoms with Crippen molar-refractivity contribution in [3.05, 3.63) is 423 Å². The van der Waals surface area contributed by atoms with Crippen LogP contribution >= 0.6 is 0 Å². The Labute approximate surface area is 629 Å². The van der Waals surface area contributed by atoms with Gasteiger partial charge in [-0.1, -0.05) is 407 Å². The molecule has 0 fully saturated rings. The summed E-state index contributed by atoms with van der Waals surface area (Å²) in [5, 5.41) is 0. The summed E-state index contributed by atoms with van der Waals surface area (Å²) in [5.74, 6) is 0. The Morgan fingerprint density at radius 3 is 0.442 bits per heavy atom. The lowest BCUT2D eigenvalue weighted by Crippen LogP contribution is -2.32. The molecule has 12 aromatic rings. The highest BCUT2D eigenvalue weighted by Crippen LogP contribution is 2.50. The van der Waals surface area contributed by atoms with Crippen molar-refractivity contribution in [2.24, 2.45) is 0 Å². The van der Waals surface area contributed by atoms with Crippen molar-refractivity contribution >= 4 is 0 Å². The Balaban J connectivity index is 0.000000168.